The molecule has 1 unspecified atom stereocenters. The van der Waals surface area contributed by atoms with E-state index < -0.39 is 0 Å². The maximum Gasteiger partial charge on any atom is 0.140 e. The van der Waals surface area contributed by atoms with E-state index in [0.717, 1.165) is 28.3 Å². The van der Waals surface area contributed by atoms with Crippen LogP contribution in [0.1, 0.15) is 41.9 Å². The van der Waals surface area contributed by atoms with Gasteiger partial charge in [0.25, 0.3) is 0 Å². The normalized spacial score (nSPS) is 12.1. The van der Waals surface area contributed by atoms with Crippen molar-refractivity contribution in [2.24, 2.45) is 0 Å². The van der Waals surface area contributed by atoms with E-state index in [0.29, 0.717) is 24.5 Å². The Kier molecular flexibility index (Phi) is 7.74. The van der Waals surface area contributed by atoms with Crippen LogP contribution < -0.4 is 0 Å². The highest BCUT2D eigenvalue weighted by Crippen LogP contribution is 2.21. The van der Waals surface area contributed by atoms with Gasteiger partial charge in [0.05, 0.1) is 36.9 Å². The zero-order valence-electron chi connectivity index (χ0n) is 17.2. The average molecular weight is 428 g/mol. The van der Waals surface area contributed by atoms with Crippen molar-refractivity contribution in [1.29, 1.82) is 0 Å². The lowest BCUT2D eigenvalue weighted by molar-refractivity contribution is -0.120. The summed E-state index contributed by atoms with van der Waals surface area (Å²) in [5, 5.41) is 14.0. The fraction of sp³-hybridized carbons (Fsp3) is 0.348. The first-order chi connectivity index (χ1) is 14.5. The summed E-state index contributed by atoms with van der Waals surface area (Å²) in [4.78, 5) is 17.1. The van der Waals surface area contributed by atoms with Gasteiger partial charge in [-0.15, -0.1) is 0 Å². The number of carbonyl (C=O) groups excluding carboxylic acids is 1. The molecule has 6 nitrogen and oxygen atoms in total. The minimum atomic E-state index is -0.242. The number of hydrogen-bond acceptors (Lipinski definition) is 5. The predicted molar refractivity (Wildman–Crippen MR) is 116 cm³/mol. The standard InChI is InChI=1S/C23H26ClN3O3/c1-16-12-22(27(26-16)21-5-3-4-19(24)13-21)8-9-23(29)17(2)18-6-7-20(25-14-18)15-30-11-10-28/h3-7,12-14,17,28H,8-11,15H2,1-2H3. The number of aliphatic hydroxyl groups excluding tert-OH is 1. The number of aromatic nitrogens is 3. The second-order valence-electron chi connectivity index (χ2n) is 7.22. The molecule has 0 bridgehead atoms. The van der Waals surface area contributed by atoms with Crippen molar-refractivity contribution in [3.05, 3.63) is 76.3 Å². The predicted octanol–water partition coefficient (Wildman–Crippen LogP) is 4.04. The first kappa shape index (κ1) is 22.2. The molecule has 0 saturated carbocycles. The second kappa shape index (κ2) is 10.5. The Morgan fingerprint density at radius 2 is 2.10 bits per heavy atom. The molecule has 0 amide bonds. The Morgan fingerprint density at radius 3 is 2.80 bits per heavy atom. The van der Waals surface area contributed by atoms with Crippen molar-refractivity contribution in [2.45, 2.75) is 39.2 Å². The van der Waals surface area contributed by atoms with Gasteiger partial charge in [-0.3, -0.25) is 9.78 Å². The summed E-state index contributed by atoms with van der Waals surface area (Å²) in [6.07, 6.45) is 2.73. The van der Waals surface area contributed by atoms with Crippen LogP contribution >= 0.6 is 11.6 Å². The third-order valence-corrected chi connectivity index (χ3v) is 5.14. The van der Waals surface area contributed by atoms with E-state index in [1.165, 1.54) is 0 Å². The van der Waals surface area contributed by atoms with Gasteiger partial charge in [0.15, 0.2) is 0 Å². The number of aliphatic hydroxyl groups is 1. The molecule has 0 saturated heterocycles. The fourth-order valence-electron chi connectivity index (χ4n) is 3.23. The SMILES string of the molecule is Cc1cc(CCC(=O)C(C)c2ccc(COCCO)nc2)n(-c2cccc(Cl)c2)n1. The van der Waals surface area contributed by atoms with Crippen molar-refractivity contribution < 1.29 is 14.6 Å². The maximum atomic E-state index is 12.8. The van der Waals surface area contributed by atoms with Gasteiger partial charge in [0, 0.05) is 29.3 Å². The zero-order chi connectivity index (χ0) is 21.5. The number of ketones is 1. The largest absolute Gasteiger partial charge is 0.394 e. The van der Waals surface area contributed by atoms with Crippen molar-refractivity contribution >= 4 is 17.4 Å². The maximum absolute atomic E-state index is 12.8. The molecule has 0 aliphatic carbocycles. The van der Waals surface area contributed by atoms with Gasteiger partial charge in [-0.1, -0.05) is 30.7 Å². The molecule has 2 aromatic heterocycles. The van der Waals surface area contributed by atoms with Crippen LogP contribution in [0.15, 0.2) is 48.7 Å². The first-order valence-corrected chi connectivity index (χ1v) is 10.3. The lowest BCUT2D eigenvalue weighted by Crippen LogP contribution is -2.12. The summed E-state index contributed by atoms with van der Waals surface area (Å²) in [7, 11) is 0. The summed E-state index contributed by atoms with van der Waals surface area (Å²) in [5.41, 5.74) is 4.41. The van der Waals surface area contributed by atoms with Gasteiger partial charge in [-0.2, -0.15) is 5.10 Å². The highest BCUT2D eigenvalue weighted by Gasteiger charge is 2.17. The molecule has 2 heterocycles. The first-order valence-electron chi connectivity index (χ1n) is 9.95. The number of nitrogens with zero attached hydrogens (tertiary/aromatic N) is 3. The average Bonchev–Trinajstić information content (AvgIpc) is 3.13. The van der Waals surface area contributed by atoms with Gasteiger partial charge in [-0.05, 0) is 49.2 Å². The molecule has 0 spiro atoms. The molecule has 0 aliphatic rings. The molecule has 1 N–H and O–H groups in total. The number of rotatable bonds is 10. The topological polar surface area (TPSA) is 77.2 Å². The van der Waals surface area contributed by atoms with Crippen LogP contribution in [0.5, 0.6) is 0 Å². The third-order valence-electron chi connectivity index (χ3n) is 4.90. The van der Waals surface area contributed by atoms with Crippen molar-refractivity contribution in [3.63, 3.8) is 0 Å². The number of hydrogen-bond donors (Lipinski definition) is 1. The fourth-order valence-corrected chi connectivity index (χ4v) is 3.42. The van der Waals surface area contributed by atoms with Crippen LogP contribution in [0.4, 0.5) is 0 Å². The van der Waals surface area contributed by atoms with Gasteiger partial charge in [-0.25, -0.2) is 4.68 Å². The molecule has 0 aliphatic heterocycles. The molecule has 3 rings (SSSR count). The van der Waals surface area contributed by atoms with Crippen molar-refractivity contribution in [2.75, 3.05) is 13.2 Å². The van der Waals surface area contributed by atoms with Crippen LogP contribution in [-0.2, 0) is 22.6 Å². The summed E-state index contributed by atoms with van der Waals surface area (Å²) in [6.45, 7) is 4.45. The van der Waals surface area contributed by atoms with Gasteiger partial charge in [0.1, 0.15) is 5.78 Å². The smallest absolute Gasteiger partial charge is 0.140 e. The van der Waals surface area contributed by atoms with Crippen LogP contribution in [0.2, 0.25) is 5.02 Å². The quantitative estimate of drug-likeness (QED) is 0.494. The number of Topliss-reactive ketones (excluding diaryl/α,β-unsaturated/α-hetero) is 1. The summed E-state index contributed by atoms with van der Waals surface area (Å²) in [6, 6.07) is 13.3. The highest BCUT2D eigenvalue weighted by atomic mass is 35.5. The number of aryl methyl sites for hydroxylation is 2. The molecular formula is C23H26ClN3O3. The molecule has 0 fully saturated rings. The summed E-state index contributed by atoms with van der Waals surface area (Å²) in [5.74, 6) is -0.0916. The number of benzene rings is 1. The molecule has 0 radical (unpaired) electrons. The minimum absolute atomic E-state index is 0.0145. The highest BCUT2D eigenvalue weighted by molar-refractivity contribution is 6.30. The zero-order valence-corrected chi connectivity index (χ0v) is 18.0. The van der Waals surface area contributed by atoms with E-state index in [4.69, 9.17) is 21.4 Å². The molecule has 1 atom stereocenters. The molecule has 1 aromatic carbocycles. The number of carbonyl (C=O) groups is 1. The van der Waals surface area contributed by atoms with Crippen LogP contribution in [0.25, 0.3) is 5.69 Å². The van der Waals surface area contributed by atoms with E-state index in [-0.39, 0.29) is 24.9 Å². The van der Waals surface area contributed by atoms with Gasteiger partial charge < -0.3 is 9.84 Å². The van der Waals surface area contributed by atoms with Gasteiger partial charge >= 0.3 is 0 Å². The lowest BCUT2D eigenvalue weighted by Gasteiger charge is -2.12. The summed E-state index contributed by atoms with van der Waals surface area (Å²) < 4.78 is 7.11. The monoisotopic (exact) mass is 427 g/mol. The Balaban J connectivity index is 1.63. The van der Waals surface area contributed by atoms with Crippen molar-refractivity contribution in [1.82, 2.24) is 14.8 Å². The number of halogens is 1. The Bertz CT molecular complexity index is 986. The Hall–Kier alpha value is -2.54. The minimum Gasteiger partial charge on any atom is -0.394 e. The molecule has 7 heteroatoms. The number of ether oxygens (including phenoxy) is 1. The summed E-state index contributed by atoms with van der Waals surface area (Å²) >= 11 is 6.12. The van der Waals surface area contributed by atoms with E-state index in [1.807, 2.05) is 61.0 Å². The van der Waals surface area contributed by atoms with E-state index in [2.05, 4.69) is 10.1 Å². The number of pyridine rings is 1. The molecule has 30 heavy (non-hydrogen) atoms. The Morgan fingerprint density at radius 1 is 1.27 bits per heavy atom. The van der Waals surface area contributed by atoms with Crippen LogP contribution in [-0.4, -0.2) is 38.9 Å². The molecule has 3 aromatic rings. The molecular weight excluding hydrogens is 402 g/mol. The molecule has 158 valence electrons. The van der Waals surface area contributed by atoms with Crippen molar-refractivity contribution in [3.8, 4) is 5.69 Å². The second-order valence-corrected chi connectivity index (χ2v) is 7.65. The van der Waals surface area contributed by atoms with E-state index in [1.54, 1.807) is 6.20 Å². The lowest BCUT2D eigenvalue weighted by atomic mass is 9.94. The Labute approximate surface area is 181 Å². The third kappa shape index (κ3) is 5.75. The van der Waals surface area contributed by atoms with E-state index >= 15 is 0 Å². The van der Waals surface area contributed by atoms with Gasteiger partial charge in [0.2, 0.25) is 0 Å². The van der Waals surface area contributed by atoms with Crippen LogP contribution in [0, 0.1) is 6.92 Å². The van der Waals surface area contributed by atoms with Crippen LogP contribution in [0.3, 0.4) is 0 Å². The van der Waals surface area contributed by atoms with E-state index in [9.17, 15) is 4.79 Å².